The molecule has 74 valence electrons. The summed E-state index contributed by atoms with van der Waals surface area (Å²) in [5.74, 6) is 1.24. The first-order valence-electron chi connectivity index (χ1n) is 4.32. The molecule has 0 aliphatic heterocycles. The number of hydrogen-bond donors (Lipinski definition) is 1. The molecule has 1 aromatic heterocycles. The van der Waals surface area contributed by atoms with Gasteiger partial charge in [-0.25, -0.2) is 4.68 Å². The Morgan fingerprint density at radius 2 is 2.36 bits per heavy atom. The Hall–Kier alpha value is -1.23. The zero-order valence-corrected chi connectivity index (χ0v) is 8.66. The molecule has 1 heterocycles. The Morgan fingerprint density at radius 3 is 3.14 bits per heavy atom. The van der Waals surface area contributed by atoms with E-state index in [-0.39, 0.29) is 5.75 Å². The predicted molar refractivity (Wildman–Crippen MR) is 57.6 cm³/mol. The number of phenolic OH excluding ortho intramolecular Hbond substituents is 1. The summed E-state index contributed by atoms with van der Waals surface area (Å²) in [7, 11) is 0. The van der Waals surface area contributed by atoms with E-state index in [2.05, 4.69) is 16.6 Å². The van der Waals surface area contributed by atoms with Crippen LogP contribution in [-0.4, -0.2) is 32.1 Å². The normalized spacial score (nSPS) is 10.9. The van der Waals surface area contributed by atoms with E-state index in [0.717, 1.165) is 23.3 Å². The van der Waals surface area contributed by atoms with Crippen molar-refractivity contribution >= 4 is 22.8 Å². The first kappa shape index (κ1) is 9.33. The maximum atomic E-state index is 9.23. The van der Waals surface area contributed by atoms with Gasteiger partial charge in [0.15, 0.2) is 0 Å². The Morgan fingerprint density at radius 1 is 1.50 bits per heavy atom. The van der Waals surface area contributed by atoms with Gasteiger partial charge in [0, 0.05) is 11.8 Å². The Balaban J connectivity index is 2.37. The van der Waals surface area contributed by atoms with Crippen molar-refractivity contribution in [2.45, 2.75) is 6.54 Å². The summed E-state index contributed by atoms with van der Waals surface area (Å²) in [6, 6.07) is 5.12. The summed E-state index contributed by atoms with van der Waals surface area (Å²) in [5.41, 5.74) is 1.71. The minimum Gasteiger partial charge on any atom is -0.508 e. The van der Waals surface area contributed by atoms with Crippen LogP contribution in [0.15, 0.2) is 18.2 Å². The number of aromatic nitrogens is 3. The molecule has 2 aromatic rings. The first-order chi connectivity index (χ1) is 6.81. The lowest BCUT2D eigenvalue weighted by Gasteiger charge is -1.99. The number of nitrogens with zero attached hydrogens (tertiary/aromatic N) is 3. The Labute approximate surface area is 85.9 Å². The van der Waals surface area contributed by atoms with Crippen molar-refractivity contribution < 1.29 is 5.11 Å². The summed E-state index contributed by atoms with van der Waals surface area (Å²) in [6.45, 7) is 0.850. The smallest absolute Gasteiger partial charge is 0.117 e. The van der Waals surface area contributed by atoms with Gasteiger partial charge in [-0.1, -0.05) is 5.21 Å². The molecule has 0 unspecified atom stereocenters. The average Bonchev–Trinajstić information content (AvgIpc) is 2.57. The fraction of sp³-hybridized carbons (Fsp3) is 0.333. The monoisotopic (exact) mass is 209 g/mol. The van der Waals surface area contributed by atoms with Crippen molar-refractivity contribution in [2.24, 2.45) is 0 Å². The molecule has 0 bridgehead atoms. The van der Waals surface area contributed by atoms with Crippen molar-refractivity contribution in [3.05, 3.63) is 18.2 Å². The van der Waals surface area contributed by atoms with Crippen LogP contribution in [0.5, 0.6) is 5.75 Å². The van der Waals surface area contributed by atoms with Crippen molar-refractivity contribution in [2.75, 3.05) is 12.0 Å². The van der Waals surface area contributed by atoms with E-state index in [1.807, 2.05) is 10.7 Å². The van der Waals surface area contributed by atoms with E-state index in [0.29, 0.717) is 0 Å². The van der Waals surface area contributed by atoms with E-state index in [9.17, 15) is 5.11 Å². The Kier molecular flexibility index (Phi) is 2.58. The second kappa shape index (κ2) is 3.88. The van der Waals surface area contributed by atoms with Crippen molar-refractivity contribution in [3.8, 4) is 5.75 Å². The highest BCUT2D eigenvalue weighted by atomic mass is 32.2. The highest BCUT2D eigenvalue weighted by molar-refractivity contribution is 7.98. The first-order valence-corrected chi connectivity index (χ1v) is 5.72. The summed E-state index contributed by atoms with van der Waals surface area (Å²) >= 11 is 1.77. The number of phenols is 1. The van der Waals surface area contributed by atoms with Crippen LogP contribution in [0.2, 0.25) is 0 Å². The fourth-order valence-corrected chi connectivity index (χ4v) is 1.66. The molecule has 1 aromatic carbocycles. The van der Waals surface area contributed by atoms with Gasteiger partial charge in [0.25, 0.3) is 0 Å². The SMILES string of the molecule is CSCCn1nnc2cc(O)ccc21. The van der Waals surface area contributed by atoms with Crippen LogP contribution in [0.3, 0.4) is 0 Å². The lowest BCUT2D eigenvalue weighted by atomic mass is 10.3. The van der Waals surface area contributed by atoms with E-state index in [1.165, 1.54) is 0 Å². The van der Waals surface area contributed by atoms with Gasteiger partial charge >= 0.3 is 0 Å². The summed E-state index contributed by atoms with van der Waals surface area (Å²) in [4.78, 5) is 0. The van der Waals surface area contributed by atoms with Gasteiger partial charge in [0.2, 0.25) is 0 Å². The van der Waals surface area contributed by atoms with Crippen LogP contribution in [-0.2, 0) is 6.54 Å². The summed E-state index contributed by atoms with van der Waals surface area (Å²) in [6.07, 6.45) is 2.06. The van der Waals surface area contributed by atoms with Gasteiger partial charge in [-0.3, -0.25) is 0 Å². The molecule has 0 aliphatic rings. The lowest BCUT2D eigenvalue weighted by Crippen LogP contribution is -2.01. The molecule has 0 saturated heterocycles. The molecule has 2 rings (SSSR count). The van der Waals surface area contributed by atoms with Crippen LogP contribution in [0.1, 0.15) is 0 Å². The van der Waals surface area contributed by atoms with Crippen LogP contribution in [0.4, 0.5) is 0 Å². The minimum absolute atomic E-state index is 0.231. The third kappa shape index (κ3) is 1.68. The number of thioether (sulfide) groups is 1. The number of aromatic hydroxyl groups is 1. The lowest BCUT2D eigenvalue weighted by molar-refractivity contribution is 0.476. The summed E-state index contributed by atoms with van der Waals surface area (Å²) < 4.78 is 1.85. The zero-order chi connectivity index (χ0) is 9.97. The molecule has 0 atom stereocenters. The fourth-order valence-electron chi connectivity index (χ4n) is 1.30. The third-order valence-electron chi connectivity index (χ3n) is 2.00. The molecule has 5 heteroatoms. The number of aryl methyl sites for hydroxylation is 1. The van der Waals surface area contributed by atoms with Gasteiger partial charge < -0.3 is 5.11 Å². The predicted octanol–water partition coefficient (Wildman–Crippen LogP) is 1.50. The topological polar surface area (TPSA) is 50.9 Å². The van der Waals surface area contributed by atoms with Crippen molar-refractivity contribution in [1.29, 1.82) is 0 Å². The van der Waals surface area contributed by atoms with Gasteiger partial charge in [-0.15, -0.1) is 5.10 Å². The van der Waals surface area contributed by atoms with Gasteiger partial charge in [0.05, 0.1) is 12.1 Å². The highest BCUT2D eigenvalue weighted by Gasteiger charge is 2.03. The van der Waals surface area contributed by atoms with Gasteiger partial charge in [0.1, 0.15) is 11.3 Å². The molecule has 14 heavy (non-hydrogen) atoms. The molecule has 4 nitrogen and oxygen atoms in total. The van der Waals surface area contributed by atoms with Crippen LogP contribution in [0, 0.1) is 0 Å². The number of fused-ring (bicyclic) bond motifs is 1. The maximum Gasteiger partial charge on any atom is 0.117 e. The standard InChI is InChI=1S/C9H11N3OS/c1-14-5-4-12-9-3-2-7(13)6-8(9)10-11-12/h2-3,6,13H,4-5H2,1H3. The molecule has 0 aliphatic carbocycles. The molecule has 0 saturated carbocycles. The van der Waals surface area contributed by atoms with Crippen molar-refractivity contribution in [1.82, 2.24) is 15.0 Å². The summed E-state index contributed by atoms with van der Waals surface area (Å²) in [5, 5.41) is 17.2. The Bertz CT molecular complexity index is 441. The zero-order valence-electron chi connectivity index (χ0n) is 7.84. The second-order valence-corrected chi connectivity index (χ2v) is 3.96. The molecule has 0 fully saturated rings. The molecular formula is C9H11N3OS. The van der Waals surface area contributed by atoms with Crippen LogP contribution >= 0.6 is 11.8 Å². The third-order valence-corrected chi connectivity index (χ3v) is 2.60. The number of hydrogen-bond acceptors (Lipinski definition) is 4. The quantitative estimate of drug-likeness (QED) is 0.832. The highest BCUT2D eigenvalue weighted by Crippen LogP contribution is 2.17. The van der Waals surface area contributed by atoms with E-state index in [4.69, 9.17) is 0 Å². The van der Waals surface area contributed by atoms with Crippen LogP contribution < -0.4 is 0 Å². The molecular weight excluding hydrogens is 198 g/mol. The molecule has 0 radical (unpaired) electrons. The van der Waals surface area contributed by atoms with E-state index >= 15 is 0 Å². The van der Waals surface area contributed by atoms with Crippen LogP contribution in [0.25, 0.3) is 11.0 Å². The van der Waals surface area contributed by atoms with Gasteiger partial charge in [-0.2, -0.15) is 11.8 Å². The maximum absolute atomic E-state index is 9.23. The minimum atomic E-state index is 0.231. The van der Waals surface area contributed by atoms with E-state index < -0.39 is 0 Å². The second-order valence-electron chi connectivity index (χ2n) is 2.98. The van der Waals surface area contributed by atoms with Gasteiger partial charge in [-0.05, 0) is 18.4 Å². The number of benzene rings is 1. The van der Waals surface area contributed by atoms with Crippen molar-refractivity contribution in [3.63, 3.8) is 0 Å². The largest absolute Gasteiger partial charge is 0.508 e. The molecule has 1 N–H and O–H groups in total. The molecule has 0 spiro atoms. The number of rotatable bonds is 3. The van der Waals surface area contributed by atoms with E-state index in [1.54, 1.807) is 23.9 Å². The average molecular weight is 209 g/mol. The molecule has 0 amide bonds.